The highest BCUT2D eigenvalue weighted by molar-refractivity contribution is 7.99. The fraction of sp³-hybridized carbons (Fsp3) is 0.211. The Kier molecular flexibility index (Phi) is 5.68. The zero-order chi connectivity index (χ0) is 19.3. The molecule has 144 valence electrons. The van der Waals surface area contributed by atoms with E-state index < -0.39 is 0 Å². The molecule has 28 heavy (non-hydrogen) atoms. The molecule has 1 aliphatic rings. The van der Waals surface area contributed by atoms with Crippen LogP contribution in [0.5, 0.6) is 11.5 Å². The number of hydrogen-bond acceptors (Lipinski definition) is 7. The van der Waals surface area contributed by atoms with E-state index in [4.69, 9.17) is 25.5 Å². The summed E-state index contributed by atoms with van der Waals surface area (Å²) in [5.41, 5.74) is 0.949. The Morgan fingerprint density at radius 3 is 2.79 bits per heavy atom. The smallest absolute Gasteiger partial charge is 0.322 e. The summed E-state index contributed by atoms with van der Waals surface area (Å²) < 4.78 is 16.2. The highest BCUT2D eigenvalue weighted by Crippen LogP contribution is 2.33. The van der Waals surface area contributed by atoms with Crippen molar-refractivity contribution in [1.29, 1.82) is 0 Å². The monoisotopic (exact) mass is 417 g/mol. The molecular weight excluding hydrogens is 402 g/mol. The van der Waals surface area contributed by atoms with Crippen LogP contribution in [-0.2, 0) is 11.2 Å². The first kappa shape index (κ1) is 18.6. The molecule has 9 heteroatoms. The van der Waals surface area contributed by atoms with Crippen LogP contribution in [0.1, 0.15) is 17.9 Å². The number of aromatic nitrogens is 2. The molecule has 0 spiro atoms. The van der Waals surface area contributed by atoms with Gasteiger partial charge in [0.05, 0.1) is 6.42 Å². The fourth-order valence-corrected chi connectivity index (χ4v) is 3.55. The molecule has 0 unspecified atom stereocenters. The Morgan fingerprint density at radius 1 is 1.11 bits per heavy atom. The average molecular weight is 418 g/mol. The summed E-state index contributed by atoms with van der Waals surface area (Å²) in [7, 11) is 0. The van der Waals surface area contributed by atoms with Crippen molar-refractivity contribution in [2.24, 2.45) is 0 Å². The molecule has 0 bridgehead atoms. The Labute approximate surface area is 170 Å². The third kappa shape index (κ3) is 4.76. The van der Waals surface area contributed by atoms with Crippen LogP contribution in [0.15, 0.2) is 51.8 Å². The largest absolute Gasteiger partial charge is 0.454 e. The lowest BCUT2D eigenvalue weighted by Crippen LogP contribution is -2.12. The molecule has 1 aromatic heterocycles. The van der Waals surface area contributed by atoms with Crippen molar-refractivity contribution in [2.75, 3.05) is 17.9 Å². The Bertz CT molecular complexity index is 978. The predicted molar refractivity (Wildman–Crippen MR) is 105 cm³/mol. The van der Waals surface area contributed by atoms with Crippen LogP contribution in [0.2, 0.25) is 5.02 Å². The van der Waals surface area contributed by atoms with Crippen LogP contribution in [0.3, 0.4) is 0 Å². The molecule has 0 saturated carbocycles. The van der Waals surface area contributed by atoms with Gasteiger partial charge in [0, 0.05) is 22.1 Å². The number of thioether (sulfide) groups is 1. The van der Waals surface area contributed by atoms with E-state index in [-0.39, 0.29) is 18.7 Å². The number of carbonyl (C=O) groups is 1. The molecule has 0 saturated heterocycles. The summed E-state index contributed by atoms with van der Waals surface area (Å²) >= 11 is 7.43. The second kappa shape index (κ2) is 8.53. The molecule has 2 heterocycles. The third-order valence-electron chi connectivity index (χ3n) is 3.92. The summed E-state index contributed by atoms with van der Waals surface area (Å²) in [5, 5.41) is 11.2. The van der Waals surface area contributed by atoms with Crippen LogP contribution in [-0.4, -0.2) is 28.7 Å². The molecule has 3 aromatic rings. The zero-order valence-corrected chi connectivity index (χ0v) is 16.3. The number of carbonyl (C=O) groups excluding carboxylic acids is 1. The number of nitrogens with zero attached hydrogens (tertiary/aromatic N) is 2. The van der Waals surface area contributed by atoms with E-state index in [9.17, 15) is 4.79 Å². The summed E-state index contributed by atoms with van der Waals surface area (Å²) in [6.07, 6.45) is 0.763. The van der Waals surface area contributed by atoms with Crippen molar-refractivity contribution >= 4 is 35.3 Å². The molecule has 1 N–H and O–H groups in total. The Morgan fingerprint density at radius 2 is 1.93 bits per heavy atom. The molecule has 0 fully saturated rings. The molecule has 0 aliphatic carbocycles. The van der Waals surface area contributed by atoms with Crippen LogP contribution in [0, 0.1) is 0 Å². The number of rotatable bonds is 7. The number of anilines is 1. The number of ether oxygens (including phenoxy) is 2. The topological polar surface area (TPSA) is 86.5 Å². The summed E-state index contributed by atoms with van der Waals surface area (Å²) in [5.74, 6) is 2.28. The van der Waals surface area contributed by atoms with Crippen LogP contribution in [0.25, 0.3) is 0 Å². The number of nitrogens with one attached hydrogen (secondary N) is 1. The maximum atomic E-state index is 12.0. The van der Waals surface area contributed by atoms with E-state index in [1.54, 1.807) is 11.8 Å². The van der Waals surface area contributed by atoms with Gasteiger partial charge < -0.3 is 13.9 Å². The molecular formula is C19H16ClN3O4S. The SMILES string of the molecule is O=C(CCSc1ccc(Cl)cc1)Nc1nnc(Cc2ccc3c(c2)OCO3)o1. The quantitative estimate of drug-likeness (QED) is 0.577. The maximum Gasteiger partial charge on any atom is 0.322 e. The second-order valence-corrected chi connectivity index (χ2v) is 7.57. The first-order valence-corrected chi connectivity index (χ1v) is 9.91. The molecule has 7 nitrogen and oxygen atoms in total. The molecule has 0 atom stereocenters. The van der Waals surface area contributed by atoms with Gasteiger partial charge >= 0.3 is 6.01 Å². The van der Waals surface area contributed by atoms with Gasteiger partial charge in [0.1, 0.15) is 0 Å². The third-order valence-corrected chi connectivity index (χ3v) is 5.18. The van der Waals surface area contributed by atoms with Gasteiger partial charge in [-0.05, 0) is 42.0 Å². The van der Waals surface area contributed by atoms with Crippen LogP contribution in [0.4, 0.5) is 6.01 Å². The highest BCUT2D eigenvalue weighted by atomic mass is 35.5. The molecule has 4 rings (SSSR count). The maximum absolute atomic E-state index is 12.0. The van der Waals surface area contributed by atoms with Gasteiger partial charge in [0.25, 0.3) is 0 Å². The number of halogens is 1. The van der Waals surface area contributed by atoms with Crippen molar-refractivity contribution in [2.45, 2.75) is 17.7 Å². The minimum Gasteiger partial charge on any atom is -0.454 e. The van der Waals surface area contributed by atoms with E-state index in [0.29, 0.717) is 35.3 Å². The van der Waals surface area contributed by atoms with Gasteiger partial charge in [-0.15, -0.1) is 16.9 Å². The number of fused-ring (bicyclic) bond motifs is 1. The molecule has 1 aliphatic heterocycles. The zero-order valence-electron chi connectivity index (χ0n) is 14.7. The van der Waals surface area contributed by atoms with Gasteiger partial charge in [0.15, 0.2) is 11.5 Å². The number of hydrogen-bond donors (Lipinski definition) is 1. The van der Waals surface area contributed by atoms with Crippen molar-refractivity contribution in [3.8, 4) is 11.5 Å². The molecule has 0 radical (unpaired) electrons. The predicted octanol–water partition coefficient (Wildman–Crippen LogP) is 4.16. The van der Waals surface area contributed by atoms with E-state index in [0.717, 1.165) is 16.2 Å². The highest BCUT2D eigenvalue weighted by Gasteiger charge is 2.15. The minimum atomic E-state index is -0.181. The Balaban J connectivity index is 1.26. The number of amides is 1. The standard InChI is InChI=1S/C19H16ClN3O4S/c20-13-2-4-14(5-3-13)28-8-7-17(24)21-19-23-22-18(27-19)10-12-1-6-15-16(9-12)26-11-25-15/h1-6,9H,7-8,10-11H2,(H,21,23,24). The van der Waals surface area contributed by atoms with E-state index in [1.807, 2.05) is 42.5 Å². The number of benzene rings is 2. The summed E-state index contributed by atoms with van der Waals surface area (Å²) in [6.45, 7) is 0.228. The van der Waals surface area contributed by atoms with E-state index >= 15 is 0 Å². The van der Waals surface area contributed by atoms with Gasteiger partial charge in [-0.1, -0.05) is 22.8 Å². The van der Waals surface area contributed by atoms with Crippen molar-refractivity contribution in [1.82, 2.24) is 10.2 Å². The first-order valence-electron chi connectivity index (χ1n) is 8.55. The molecule has 1 amide bonds. The lowest BCUT2D eigenvalue weighted by molar-refractivity contribution is -0.115. The molecule has 2 aromatic carbocycles. The normalized spacial score (nSPS) is 12.2. The van der Waals surface area contributed by atoms with Crippen LogP contribution < -0.4 is 14.8 Å². The van der Waals surface area contributed by atoms with Crippen molar-refractivity contribution in [3.63, 3.8) is 0 Å². The van der Waals surface area contributed by atoms with E-state index in [2.05, 4.69) is 15.5 Å². The average Bonchev–Trinajstić information content (AvgIpc) is 3.32. The lowest BCUT2D eigenvalue weighted by Gasteiger charge is -2.02. The summed E-state index contributed by atoms with van der Waals surface area (Å²) in [6, 6.07) is 13.2. The van der Waals surface area contributed by atoms with Gasteiger partial charge in [0.2, 0.25) is 18.6 Å². The Hall–Kier alpha value is -2.71. The minimum absolute atomic E-state index is 0.0947. The van der Waals surface area contributed by atoms with Crippen LogP contribution >= 0.6 is 23.4 Å². The summed E-state index contributed by atoms with van der Waals surface area (Å²) in [4.78, 5) is 13.1. The second-order valence-electron chi connectivity index (χ2n) is 5.97. The lowest BCUT2D eigenvalue weighted by atomic mass is 10.1. The van der Waals surface area contributed by atoms with Crippen molar-refractivity contribution < 1.29 is 18.7 Å². The van der Waals surface area contributed by atoms with Gasteiger partial charge in [-0.25, -0.2) is 0 Å². The fourth-order valence-electron chi connectivity index (χ4n) is 2.58. The van der Waals surface area contributed by atoms with Gasteiger partial charge in [-0.3, -0.25) is 10.1 Å². The first-order chi connectivity index (χ1) is 13.7. The van der Waals surface area contributed by atoms with E-state index in [1.165, 1.54) is 0 Å². The van der Waals surface area contributed by atoms with Crippen molar-refractivity contribution in [3.05, 3.63) is 58.9 Å². The van der Waals surface area contributed by atoms with Gasteiger partial charge in [-0.2, -0.15) is 0 Å².